The Hall–Kier alpha value is -3.15. The Morgan fingerprint density at radius 2 is 2.00 bits per heavy atom. The normalized spacial score (nSPS) is 10.3. The Balaban J connectivity index is 1.78. The first-order valence-electron chi connectivity index (χ1n) is 6.20. The molecular formula is C15H11N3O3. The van der Waals surface area contributed by atoms with Crippen LogP contribution in [0.1, 0.15) is 10.5 Å². The molecule has 6 heteroatoms. The molecule has 2 heterocycles. The third-order valence-electron chi connectivity index (χ3n) is 2.81. The van der Waals surface area contributed by atoms with Crippen molar-refractivity contribution in [1.29, 1.82) is 0 Å². The van der Waals surface area contributed by atoms with Crippen LogP contribution in [0.25, 0.3) is 11.3 Å². The SMILES string of the molecule is O=C(Nc1cccnc1)c1cc(-c2ccc(O)cc2)on1. The quantitative estimate of drug-likeness (QED) is 0.770. The number of nitrogens with one attached hydrogen (secondary N) is 1. The summed E-state index contributed by atoms with van der Waals surface area (Å²) < 4.78 is 5.14. The molecule has 3 rings (SSSR count). The van der Waals surface area contributed by atoms with Gasteiger partial charge in [0.25, 0.3) is 5.91 Å². The molecule has 0 aliphatic rings. The van der Waals surface area contributed by atoms with Crippen LogP contribution in [-0.4, -0.2) is 21.2 Å². The van der Waals surface area contributed by atoms with Crippen molar-refractivity contribution >= 4 is 11.6 Å². The van der Waals surface area contributed by atoms with Crippen LogP contribution in [0.3, 0.4) is 0 Å². The van der Waals surface area contributed by atoms with E-state index in [0.717, 1.165) is 5.56 Å². The number of hydrogen-bond acceptors (Lipinski definition) is 5. The molecule has 0 bridgehead atoms. The second-order valence-corrected chi connectivity index (χ2v) is 4.32. The van der Waals surface area contributed by atoms with Gasteiger partial charge in [0.15, 0.2) is 11.5 Å². The highest BCUT2D eigenvalue weighted by molar-refractivity contribution is 6.03. The first kappa shape index (κ1) is 12.9. The molecule has 0 unspecified atom stereocenters. The van der Waals surface area contributed by atoms with Crippen LogP contribution >= 0.6 is 0 Å². The number of carbonyl (C=O) groups is 1. The number of amides is 1. The lowest BCUT2D eigenvalue weighted by Crippen LogP contribution is -2.12. The summed E-state index contributed by atoms with van der Waals surface area (Å²) in [5.74, 6) is 0.232. The highest BCUT2D eigenvalue weighted by Gasteiger charge is 2.14. The molecule has 0 aliphatic heterocycles. The van der Waals surface area contributed by atoms with Crippen molar-refractivity contribution in [2.75, 3.05) is 5.32 Å². The molecule has 0 aliphatic carbocycles. The number of phenols is 1. The van der Waals surface area contributed by atoms with Gasteiger partial charge in [0.05, 0.1) is 11.9 Å². The number of aromatic nitrogens is 2. The van der Waals surface area contributed by atoms with Gasteiger partial charge in [-0.05, 0) is 36.4 Å². The summed E-state index contributed by atoms with van der Waals surface area (Å²) in [6.07, 6.45) is 3.16. The van der Waals surface area contributed by atoms with Gasteiger partial charge < -0.3 is 14.9 Å². The highest BCUT2D eigenvalue weighted by atomic mass is 16.5. The lowest BCUT2D eigenvalue weighted by molar-refractivity contribution is 0.101. The largest absolute Gasteiger partial charge is 0.508 e. The smallest absolute Gasteiger partial charge is 0.277 e. The third-order valence-corrected chi connectivity index (χ3v) is 2.81. The molecule has 21 heavy (non-hydrogen) atoms. The van der Waals surface area contributed by atoms with Gasteiger partial charge in [-0.15, -0.1) is 0 Å². The predicted molar refractivity (Wildman–Crippen MR) is 75.8 cm³/mol. The minimum atomic E-state index is -0.378. The minimum absolute atomic E-state index is 0.160. The molecule has 2 aromatic heterocycles. The monoisotopic (exact) mass is 281 g/mol. The zero-order valence-electron chi connectivity index (χ0n) is 10.9. The van der Waals surface area contributed by atoms with Crippen molar-refractivity contribution in [2.45, 2.75) is 0 Å². The Labute approximate surface area is 120 Å². The molecule has 0 fully saturated rings. The molecule has 3 aromatic rings. The van der Waals surface area contributed by atoms with Crippen molar-refractivity contribution in [3.63, 3.8) is 0 Å². The third kappa shape index (κ3) is 2.89. The fourth-order valence-electron chi connectivity index (χ4n) is 1.78. The second kappa shape index (κ2) is 5.46. The summed E-state index contributed by atoms with van der Waals surface area (Å²) in [6, 6.07) is 11.4. The van der Waals surface area contributed by atoms with E-state index in [-0.39, 0.29) is 17.4 Å². The first-order chi connectivity index (χ1) is 10.2. The number of anilines is 1. The van der Waals surface area contributed by atoms with Gasteiger partial charge in [-0.2, -0.15) is 0 Å². The number of phenolic OH excluding ortho intramolecular Hbond substituents is 1. The number of aromatic hydroxyl groups is 1. The average Bonchev–Trinajstić information content (AvgIpc) is 2.99. The van der Waals surface area contributed by atoms with Gasteiger partial charge in [0.2, 0.25) is 0 Å². The van der Waals surface area contributed by atoms with Crippen LogP contribution in [0.4, 0.5) is 5.69 Å². The van der Waals surface area contributed by atoms with Crippen molar-refractivity contribution in [3.05, 3.63) is 60.6 Å². The molecule has 6 nitrogen and oxygen atoms in total. The van der Waals surface area contributed by atoms with E-state index in [4.69, 9.17) is 4.52 Å². The van der Waals surface area contributed by atoms with Gasteiger partial charge in [-0.3, -0.25) is 9.78 Å². The minimum Gasteiger partial charge on any atom is -0.508 e. The van der Waals surface area contributed by atoms with Crippen molar-refractivity contribution < 1.29 is 14.4 Å². The summed E-state index contributed by atoms with van der Waals surface area (Å²) in [5.41, 5.74) is 1.47. The van der Waals surface area contributed by atoms with Gasteiger partial charge in [0, 0.05) is 17.8 Å². The summed E-state index contributed by atoms with van der Waals surface area (Å²) in [6.45, 7) is 0. The van der Waals surface area contributed by atoms with E-state index in [1.54, 1.807) is 36.7 Å². The number of pyridine rings is 1. The molecular weight excluding hydrogens is 270 g/mol. The molecule has 0 radical (unpaired) electrons. The maximum atomic E-state index is 12.0. The fraction of sp³-hybridized carbons (Fsp3) is 0. The molecule has 1 aromatic carbocycles. The van der Waals surface area contributed by atoms with E-state index < -0.39 is 0 Å². The summed E-state index contributed by atoms with van der Waals surface area (Å²) in [7, 11) is 0. The van der Waals surface area contributed by atoms with Crippen molar-refractivity contribution in [3.8, 4) is 17.1 Å². The highest BCUT2D eigenvalue weighted by Crippen LogP contribution is 2.22. The second-order valence-electron chi connectivity index (χ2n) is 4.32. The summed E-state index contributed by atoms with van der Waals surface area (Å²) >= 11 is 0. The van der Waals surface area contributed by atoms with E-state index in [9.17, 15) is 9.90 Å². The summed E-state index contributed by atoms with van der Waals surface area (Å²) in [4.78, 5) is 15.9. The predicted octanol–water partition coefficient (Wildman–Crippen LogP) is 2.69. The van der Waals surface area contributed by atoms with E-state index in [2.05, 4.69) is 15.5 Å². The van der Waals surface area contributed by atoms with Crippen LogP contribution < -0.4 is 5.32 Å². The Kier molecular flexibility index (Phi) is 3.34. The van der Waals surface area contributed by atoms with Crippen LogP contribution in [0.15, 0.2) is 59.4 Å². The van der Waals surface area contributed by atoms with E-state index in [1.165, 1.54) is 18.2 Å². The zero-order chi connectivity index (χ0) is 14.7. The Morgan fingerprint density at radius 3 is 2.71 bits per heavy atom. The number of hydrogen-bond donors (Lipinski definition) is 2. The summed E-state index contributed by atoms with van der Waals surface area (Å²) in [5, 5.41) is 15.7. The molecule has 0 saturated heterocycles. The van der Waals surface area contributed by atoms with Crippen LogP contribution in [-0.2, 0) is 0 Å². The molecule has 1 amide bonds. The number of rotatable bonds is 3. The lowest BCUT2D eigenvalue weighted by atomic mass is 10.1. The van der Waals surface area contributed by atoms with E-state index in [0.29, 0.717) is 11.4 Å². The molecule has 0 saturated carbocycles. The molecule has 2 N–H and O–H groups in total. The number of nitrogens with zero attached hydrogens (tertiary/aromatic N) is 2. The number of benzene rings is 1. The van der Waals surface area contributed by atoms with Crippen LogP contribution in [0, 0.1) is 0 Å². The van der Waals surface area contributed by atoms with Crippen molar-refractivity contribution in [1.82, 2.24) is 10.1 Å². The maximum absolute atomic E-state index is 12.0. The maximum Gasteiger partial charge on any atom is 0.277 e. The van der Waals surface area contributed by atoms with Crippen molar-refractivity contribution in [2.24, 2.45) is 0 Å². The topological polar surface area (TPSA) is 88.2 Å². The Bertz CT molecular complexity index is 751. The molecule has 0 spiro atoms. The fourth-order valence-corrected chi connectivity index (χ4v) is 1.78. The number of carbonyl (C=O) groups excluding carboxylic acids is 1. The van der Waals surface area contributed by atoms with Gasteiger partial charge in [-0.25, -0.2) is 0 Å². The Morgan fingerprint density at radius 1 is 1.19 bits per heavy atom. The first-order valence-corrected chi connectivity index (χ1v) is 6.20. The standard InChI is InChI=1S/C15H11N3O3/c19-12-5-3-10(4-6-12)14-8-13(18-21-14)15(20)17-11-2-1-7-16-9-11/h1-9,19H,(H,17,20). The molecule has 0 atom stereocenters. The van der Waals surface area contributed by atoms with Gasteiger partial charge >= 0.3 is 0 Å². The average molecular weight is 281 g/mol. The van der Waals surface area contributed by atoms with Gasteiger partial charge in [0.1, 0.15) is 5.75 Å². The van der Waals surface area contributed by atoms with E-state index >= 15 is 0 Å². The van der Waals surface area contributed by atoms with Crippen LogP contribution in [0.2, 0.25) is 0 Å². The molecule has 104 valence electrons. The van der Waals surface area contributed by atoms with Crippen LogP contribution in [0.5, 0.6) is 5.75 Å². The zero-order valence-corrected chi connectivity index (χ0v) is 10.9. The lowest BCUT2D eigenvalue weighted by Gasteiger charge is -2.00. The van der Waals surface area contributed by atoms with E-state index in [1.807, 2.05) is 0 Å². The van der Waals surface area contributed by atoms with Gasteiger partial charge in [-0.1, -0.05) is 5.16 Å².